The Kier molecular flexibility index (Phi) is 2.65. The lowest BCUT2D eigenvalue weighted by Crippen LogP contribution is -2.15. The third-order valence-electron chi connectivity index (χ3n) is 3.02. The van der Waals surface area contributed by atoms with Crippen LogP contribution in [0.1, 0.15) is 24.1 Å². The van der Waals surface area contributed by atoms with E-state index in [1.54, 1.807) is 6.20 Å². The summed E-state index contributed by atoms with van der Waals surface area (Å²) < 4.78 is 0. The second kappa shape index (κ2) is 4.30. The number of hydrogen-bond acceptors (Lipinski definition) is 3. The van der Waals surface area contributed by atoms with E-state index >= 15 is 0 Å². The molecule has 2 N–H and O–H groups in total. The van der Waals surface area contributed by atoms with Crippen molar-refractivity contribution in [3.8, 4) is 11.5 Å². The molecule has 0 bridgehead atoms. The van der Waals surface area contributed by atoms with Crippen LogP contribution in [-0.4, -0.2) is 21.0 Å². The van der Waals surface area contributed by atoms with Gasteiger partial charge >= 0.3 is 0 Å². The fourth-order valence-electron chi connectivity index (χ4n) is 1.84. The van der Waals surface area contributed by atoms with Crippen molar-refractivity contribution in [3.05, 3.63) is 35.8 Å². The van der Waals surface area contributed by atoms with Crippen molar-refractivity contribution in [1.29, 1.82) is 0 Å². The smallest absolute Gasteiger partial charge is 0.156 e. The van der Waals surface area contributed by atoms with Gasteiger partial charge in [-0.05, 0) is 31.4 Å². The molecule has 1 saturated carbocycles. The van der Waals surface area contributed by atoms with Gasteiger partial charge in [0.2, 0.25) is 0 Å². The number of hydrogen-bond donors (Lipinski definition) is 2. The van der Waals surface area contributed by atoms with Crippen LogP contribution in [0.4, 0.5) is 0 Å². The van der Waals surface area contributed by atoms with Crippen LogP contribution in [0.15, 0.2) is 24.5 Å². The maximum atomic E-state index is 4.39. The third kappa shape index (κ3) is 2.36. The lowest BCUT2D eigenvalue weighted by Gasteiger charge is -2.01. The molecule has 0 saturated heterocycles. The molecule has 1 fully saturated rings. The van der Waals surface area contributed by atoms with Crippen LogP contribution in [0, 0.1) is 6.92 Å². The molecule has 0 radical (unpaired) electrons. The van der Waals surface area contributed by atoms with E-state index in [1.807, 2.05) is 25.3 Å². The highest BCUT2D eigenvalue weighted by Crippen LogP contribution is 2.20. The van der Waals surface area contributed by atoms with Crippen LogP contribution >= 0.6 is 0 Å². The van der Waals surface area contributed by atoms with Crippen molar-refractivity contribution in [2.24, 2.45) is 0 Å². The zero-order valence-electron chi connectivity index (χ0n) is 9.90. The topological polar surface area (TPSA) is 53.6 Å². The van der Waals surface area contributed by atoms with Gasteiger partial charge in [0, 0.05) is 24.5 Å². The molecule has 0 atom stereocenters. The van der Waals surface area contributed by atoms with Crippen LogP contribution in [0.2, 0.25) is 0 Å². The molecule has 88 valence electrons. The summed E-state index contributed by atoms with van der Waals surface area (Å²) in [5.74, 6) is 0.857. The second-order valence-corrected chi connectivity index (χ2v) is 4.58. The first-order valence-electron chi connectivity index (χ1n) is 6.02. The van der Waals surface area contributed by atoms with Crippen molar-refractivity contribution < 1.29 is 0 Å². The summed E-state index contributed by atoms with van der Waals surface area (Å²) in [6.45, 7) is 2.91. The molecule has 0 spiro atoms. The normalized spacial score (nSPS) is 15.1. The van der Waals surface area contributed by atoms with E-state index in [0.717, 1.165) is 35.4 Å². The molecule has 4 nitrogen and oxygen atoms in total. The van der Waals surface area contributed by atoms with E-state index in [4.69, 9.17) is 0 Å². The standard InChI is InChI=1S/C13H16N4/c1-9-3-2-6-14-12(9)13-16-8-11(17-13)7-15-10-4-5-10/h2-3,6,8,10,15H,4-5,7H2,1H3,(H,16,17). The first-order chi connectivity index (χ1) is 8.33. The maximum absolute atomic E-state index is 4.39. The zero-order valence-corrected chi connectivity index (χ0v) is 9.90. The van der Waals surface area contributed by atoms with Gasteiger partial charge in [-0.15, -0.1) is 0 Å². The van der Waals surface area contributed by atoms with Gasteiger partial charge in [0.05, 0.1) is 6.20 Å². The SMILES string of the molecule is Cc1cccnc1-c1ncc(CNC2CC2)[nH]1. The van der Waals surface area contributed by atoms with Crippen LogP contribution < -0.4 is 5.32 Å². The quantitative estimate of drug-likeness (QED) is 0.842. The van der Waals surface area contributed by atoms with Crippen molar-refractivity contribution in [1.82, 2.24) is 20.3 Å². The Hall–Kier alpha value is -1.68. The highest BCUT2D eigenvalue weighted by atomic mass is 15.0. The number of H-pyrrole nitrogens is 1. The molecule has 0 aliphatic heterocycles. The van der Waals surface area contributed by atoms with Gasteiger partial charge in [-0.1, -0.05) is 6.07 Å². The zero-order chi connectivity index (χ0) is 11.7. The molecule has 2 aromatic heterocycles. The van der Waals surface area contributed by atoms with E-state index in [2.05, 4.69) is 20.3 Å². The fraction of sp³-hybridized carbons (Fsp3) is 0.385. The average Bonchev–Trinajstić information content (AvgIpc) is 3.06. The monoisotopic (exact) mass is 228 g/mol. The predicted molar refractivity (Wildman–Crippen MR) is 66.4 cm³/mol. The molecule has 0 unspecified atom stereocenters. The molecule has 1 aliphatic rings. The molecule has 0 amide bonds. The minimum absolute atomic E-state index is 0.721. The van der Waals surface area contributed by atoms with Gasteiger partial charge in [-0.2, -0.15) is 0 Å². The van der Waals surface area contributed by atoms with E-state index in [1.165, 1.54) is 12.8 Å². The minimum Gasteiger partial charge on any atom is -0.339 e. The van der Waals surface area contributed by atoms with Crippen LogP contribution in [0.25, 0.3) is 11.5 Å². The number of aromatic amines is 1. The van der Waals surface area contributed by atoms with Gasteiger partial charge in [-0.3, -0.25) is 4.98 Å². The summed E-state index contributed by atoms with van der Waals surface area (Å²) in [5, 5.41) is 3.46. The van der Waals surface area contributed by atoms with Gasteiger partial charge < -0.3 is 10.3 Å². The van der Waals surface area contributed by atoms with Crippen molar-refractivity contribution >= 4 is 0 Å². The number of nitrogens with zero attached hydrogens (tertiary/aromatic N) is 2. The summed E-state index contributed by atoms with van der Waals surface area (Å²) in [6.07, 6.45) is 6.30. The Morgan fingerprint density at radius 2 is 2.29 bits per heavy atom. The largest absolute Gasteiger partial charge is 0.339 e. The van der Waals surface area contributed by atoms with Crippen molar-refractivity contribution in [2.45, 2.75) is 32.4 Å². The van der Waals surface area contributed by atoms with E-state index in [0.29, 0.717) is 0 Å². The van der Waals surface area contributed by atoms with Gasteiger partial charge in [0.25, 0.3) is 0 Å². The number of aryl methyl sites for hydroxylation is 1. The Morgan fingerprint density at radius 1 is 1.41 bits per heavy atom. The summed E-state index contributed by atoms with van der Waals surface area (Å²) in [7, 11) is 0. The number of aromatic nitrogens is 3. The van der Waals surface area contributed by atoms with E-state index in [-0.39, 0.29) is 0 Å². The summed E-state index contributed by atoms with van der Waals surface area (Å²) in [6, 6.07) is 4.71. The van der Waals surface area contributed by atoms with Crippen LogP contribution in [0.3, 0.4) is 0 Å². The predicted octanol–water partition coefficient (Wildman–Crippen LogP) is 2.03. The third-order valence-corrected chi connectivity index (χ3v) is 3.02. The Morgan fingerprint density at radius 3 is 3.06 bits per heavy atom. The van der Waals surface area contributed by atoms with Gasteiger partial charge in [0.1, 0.15) is 5.69 Å². The van der Waals surface area contributed by atoms with E-state index in [9.17, 15) is 0 Å². The van der Waals surface area contributed by atoms with Crippen LogP contribution in [0.5, 0.6) is 0 Å². The molecule has 4 heteroatoms. The van der Waals surface area contributed by atoms with Crippen molar-refractivity contribution in [3.63, 3.8) is 0 Å². The first-order valence-corrected chi connectivity index (χ1v) is 6.02. The molecule has 3 rings (SSSR count). The van der Waals surface area contributed by atoms with E-state index < -0.39 is 0 Å². The Labute approximate surface area is 101 Å². The highest BCUT2D eigenvalue weighted by molar-refractivity contribution is 5.54. The second-order valence-electron chi connectivity index (χ2n) is 4.58. The lowest BCUT2D eigenvalue weighted by atomic mass is 10.2. The molecular weight excluding hydrogens is 212 g/mol. The number of pyridine rings is 1. The average molecular weight is 228 g/mol. The lowest BCUT2D eigenvalue weighted by molar-refractivity contribution is 0.677. The van der Waals surface area contributed by atoms with Gasteiger partial charge in [-0.25, -0.2) is 4.98 Å². The summed E-state index contributed by atoms with van der Waals surface area (Å²) >= 11 is 0. The Bertz CT molecular complexity index is 514. The molecule has 17 heavy (non-hydrogen) atoms. The van der Waals surface area contributed by atoms with Crippen molar-refractivity contribution in [2.75, 3.05) is 0 Å². The number of nitrogens with one attached hydrogen (secondary N) is 2. The van der Waals surface area contributed by atoms with Crippen LogP contribution in [-0.2, 0) is 6.54 Å². The maximum Gasteiger partial charge on any atom is 0.156 e. The minimum atomic E-state index is 0.721. The number of imidazole rings is 1. The summed E-state index contributed by atoms with van der Waals surface area (Å²) in [5.41, 5.74) is 3.20. The van der Waals surface area contributed by atoms with Gasteiger partial charge in [0.15, 0.2) is 5.82 Å². The number of rotatable bonds is 4. The molecule has 0 aromatic carbocycles. The molecule has 1 aliphatic carbocycles. The molecule has 2 heterocycles. The Balaban J connectivity index is 1.77. The first kappa shape index (κ1) is 10.5. The molecular formula is C13H16N4. The highest BCUT2D eigenvalue weighted by Gasteiger charge is 2.20. The fourth-order valence-corrected chi connectivity index (χ4v) is 1.84. The summed E-state index contributed by atoms with van der Waals surface area (Å²) in [4.78, 5) is 12.1. The molecule has 2 aromatic rings.